The predicted octanol–water partition coefficient (Wildman–Crippen LogP) is 1.82. The van der Waals surface area contributed by atoms with E-state index in [1.54, 1.807) is 31.5 Å². The molecule has 2 heterocycles. The number of benzene rings is 1. The van der Waals surface area contributed by atoms with Gasteiger partial charge in [0.25, 0.3) is 5.91 Å². The Hall–Kier alpha value is -3.00. The van der Waals surface area contributed by atoms with Crippen molar-refractivity contribution in [1.82, 2.24) is 10.3 Å². The van der Waals surface area contributed by atoms with E-state index >= 15 is 0 Å². The van der Waals surface area contributed by atoms with Gasteiger partial charge in [-0.25, -0.2) is 4.98 Å². The van der Waals surface area contributed by atoms with Gasteiger partial charge in [0.15, 0.2) is 11.5 Å². The molecule has 0 unspecified atom stereocenters. The Morgan fingerprint density at radius 3 is 2.78 bits per heavy atom. The summed E-state index contributed by atoms with van der Waals surface area (Å²) in [5, 5.41) is 2.85. The van der Waals surface area contributed by atoms with E-state index in [1.165, 1.54) is 7.11 Å². The van der Waals surface area contributed by atoms with Crippen molar-refractivity contribution in [2.45, 2.75) is 6.54 Å². The van der Waals surface area contributed by atoms with Crippen molar-refractivity contribution >= 4 is 5.91 Å². The molecule has 0 atom stereocenters. The Bertz CT molecular complexity index is 761. The summed E-state index contributed by atoms with van der Waals surface area (Å²) in [6.45, 7) is 2.16. The van der Waals surface area contributed by atoms with Crippen molar-refractivity contribution in [3.63, 3.8) is 0 Å². The van der Waals surface area contributed by atoms with E-state index in [0.29, 0.717) is 61.7 Å². The van der Waals surface area contributed by atoms with Crippen LogP contribution in [0.4, 0.5) is 0 Å². The second kappa shape index (κ2) is 9.09. The molecule has 0 saturated carbocycles. The monoisotopic (exact) mass is 374 g/mol. The van der Waals surface area contributed by atoms with Crippen molar-refractivity contribution in [2.75, 3.05) is 40.6 Å². The fraction of sp³-hybridized carbons (Fsp3) is 0.368. The van der Waals surface area contributed by atoms with Crippen molar-refractivity contribution in [2.24, 2.45) is 0 Å². The van der Waals surface area contributed by atoms with Gasteiger partial charge in [-0.3, -0.25) is 4.79 Å². The molecule has 0 bridgehead atoms. The highest BCUT2D eigenvalue weighted by atomic mass is 16.6. The second-order valence-electron chi connectivity index (χ2n) is 5.73. The summed E-state index contributed by atoms with van der Waals surface area (Å²) in [6, 6.07) is 6.88. The van der Waals surface area contributed by atoms with E-state index in [4.69, 9.17) is 23.7 Å². The number of ether oxygens (including phenoxy) is 5. The average Bonchev–Trinajstić information content (AvgIpc) is 2.72. The molecule has 2 aromatic rings. The molecule has 1 N–H and O–H groups in total. The number of fused-ring (bicyclic) bond motifs is 1. The molecule has 0 radical (unpaired) electrons. The van der Waals surface area contributed by atoms with Crippen LogP contribution in [0.25, 0.3) is 0 Å². The maximum Gasteiger partial charge on any atom is 0.251 e. The van der Waals surface area contributed by atoms with Crippen LogP contribution in [0.3, 0.4) is 0 Å². The number of amides is 1. The predicted molar refractivity (Wildman–Crippen MR) is 96.8 cm³/mol. The molecule has 8 heteroatoms. The quantitative estimate of drug-likeness (QED) is 0.705. The third kappa shape index (κ3) is 4.79. The second-order valence-corrected chi connectivity index (χ2v) is 5.73. The lowest BCUT2D eigenvalue weighted by atomic mass is 10.1. The Morgan fingerprint density at radius 1 is 1.19 bits per heavy atom. The SMILES string of the molecule is COCCOc1ccc(CNC(=O)c2cc(OC)c3c(c2)OCCO3)cn1. The van der Waals surface area contributed by atoms with Gasteiger partial charge in [-0.05, 0) is 17.7 Å². The number of hydrogen-bond acceptors (Lipinski definition) is 7. The van der Waals surface area contributed by atoms with Crippen LogP contribution in [-0.2, 0) is 11.3 Å². The summed E-state index contributed by atoms with van der Waals surface area (Å²) >= 11 is 0. The molecule has 1 amide bonds. The van der Waals surface area contributed by atoms with Crippen LogP contribution in [0.5, 0.6) is 23.1 Å². The first-order chi connectivity index (χ1) is 13.2. The summed E-state index contributed by atoms with van der Waals surface area (Å²) < 4.78 is 26.7. The number of nitrogens with one attached hydrogen (secondary N) is 1. The van der Waals surface area contributed by atoms with Gasteiger partial charge >= 0.3 is 0 Å². The van der Waals surface area contributed by atoms with Crippen molar-refractivity contribution in [1.29, 1.82) is 0 Å². The standard InChI is InChI=1S/C19H22N2O6/c1-23-5-6-26-17-4-3-13(11-20-17)12-21-19(22)14-9-15(24-2)18-16(10-14)25-7-8-27-18/h3-4,9-11H,5-8,12H2,1-2H3,(H,21,22). The molecule has 144 valence electrons. The van der Waals surface area contributed by atoms with Crippen LogP contribution in [0.15, 0.2) is 30.5 Å². The summed E-state index contributed by atoms with van der Waals surface area (Å²) in [5.41, 5.74) is 1.29. The van der Waals surface area contributed by atoms with E-state index in [2.05, 4.69) is 10.3 Å². The summed E-state index contributed by atoms with van der Waals surface area (Å²) in [7, 11) is 3.14. The molecular weight excluding hydrogens is 352 g/mol. The van der Waals surface area contributed by atoms with Crippen LogP contribution < -0.4 is 24.3 Å². The summed E-state index contributed by atoms with van der Waals surface area (Å²) in [4.78, 5) is 16.7. The Morgan fingerprint density at radius 2 is 2.04 bits per heavy atom. The van der Waals surface area contributed by atoms with Gasteiger partial charge in [-0.2, -0.15) is 0 Å². The van der Waals surface area contributed by atoms with Gasteiger partial charge in [0.2, 0.25) is 11.6 Å². The largest absolute Gasteiger partial charge is 0.493 e. The van der Waals surface area contributed by atoms with Crippen molar-refractivity contribution < 1.29 is 28.5 Å². The zero-order valence-corrected chi connectivity index (χ0v) is 15.3. The maximum atomic E-state index is 12.5. The minimum Gasteiger partial charge on any atom is -0.493 e. The van der Waals surface area contributed by atoms with Crippen molar-refractivity contribution in [3.8, 4) is 23.1 Å². The normalized spacial score (nSPS) is 12.4. The summed E-state index contributed by atoms with van der Waals surface area (Å²) in [5.74, 6) is 1.76. The van der Waals surface area contributed by atoms with E-state index in [9.17, 15) is 4.79 Å². The topological polar surface area (TPSA) is 88.1 Å². The molecule has 1 aliphatic rings. The molecule has 1 aromatic carbocycles. The van der Waals surface area contributed by atoms with Gasteiger partial charge in [0, 0.05) is 31.5 Å². The number of methoxy groups -OCH3 is 2. The number of carbonyl (C=O) groups is 1. The third-order valence-corrected chi connectivity index (χ3v) is 3.88. The van der Waals surface area contributed by atoms with Crippen molar-refractivity contribution in [3.05, 3.63) is 41.6 Å². The van der Waals surface area contributed by atoms with Crippen LogP contribution in [0.2, 0.25) is 0 Å². The molecule has 0 saturated heterocycles. The zero-order chi connectivity index (χ0) is 19.1. The number of aromatic nitrogens is 1. The molecule has 0 fully saturated rings. The lowest BCUT2D eigenvalue weighted by molar-refractivity contribution is 0.0949. The van der Waals surface area contributed by atoms with Gasteiger partial charge in [0.1, 0.15) is 19.8 Å². The number of nitrogens with zero attached hydrogens (tertiary/aromatic N) is 1. The third-order valence-electron chi connectivity index (χ3n) is 3.88. The van der Waals surface area contributed by atoms with E-state index < -0.39 is 0 Å². The number of hydrogen-bond donors (Lipinski definition) is 1. The van der Waals surface area contributed by atoms with Gasteiger partial charge in [-0.15, -0.1) is 0 Å². The van der Waals surface area contributed by atoms with Crippen LogP contribution in [0, 0.1) is 0 Å². The molecule has 0 aliphatic carbocycles. The van der Waals surface area contributed by atoms with Gasteiger partial charge in [0.05, 0.1) is 13.7 Å². The number of rotatable bonds is 8. The minimum absolute atomic E-state index is 0.245. The molecule has 3 rings (SSSR count). The van der Waals surface area contributed by atoms with Crippen LogP contribution in [0.1, 0.15) is 15.9 Å². The van der Waals surface area contributed by atoms with Crippen LogP contribution in [-0.4, -0.2) is 51.5 Å². The summed E-state index contributed by atoms with van der Waals surface area (Å²) in [6.07, 6.45) is 1.66. The first kappa shape index (κ1) is 18.8. The molecule has 1 aliphatic heterocycles. The van der Waals surface area contributed by atoms with Crippen LogP contribution >= 0.6 is 0 Å². The molecular formula is C19H22N2O6. The molecule has 1 aromatic heterocycles. The molecule has 8 nitrogen and oxygen atoms in total. The lowest BCUT2D eigenvalue weighted by Gasteiger charge is -2.21. The van der Waals surface area contributed by atoms with Gasteiger partial charge in [-0.1, -0.05) is 6.07 Å². The number of carbonyl (C=O) groups excluding carboxylic acids is 1. The van der Waals surface area contributed by atoms with E-state index in [0.717, 1.165) is 5.56 Å². The van der Waals surface area contributed by atoms with E-state index in [1.807, 2.05) is 6.07 Å². The average molecular weight is 374 g/mol. The molecule has 0 spiro atoms. The first-order valence-corrected chi connectivity index (χ1v) is 8.53. The highest BCUT2D eigenvalue weighted by molar-refractivity contribution is 5.95. The minimum atomic E-state index is -0.245. The smallest absolute Gasteiger partial charge is 0.251 e. The highest BCUT2D eigenvalue weighted by Gasteiger charge is 2.20. The fourth-order valence-electron chi connectivity index (χ4n) is 2.52. The zero-order valence-electron chi connectivity index (χ0n) is 15.3. The lowest BCUT2D eigenvalue weighted by Crippen LogP contribution is -2.24. The maximum absolute atomic E-state index is 12.5. The van der Waals surface area contributed by atoms with Gasteiger partial charge < -0.3 is 29.0 Å². The van der Waals surface area contributed by atoms with E-state index in [-0.39, 0.29) is 5.91 Å². The Kier molecular flexibility index (Phi) is 6.32. The number of pyridine rings is 1. The highest BCUT2D eigenvalue weighted by Crippen LogP contribution is 2.40. The first-order valence-electron chi connectivity index (χ1n) is 8.53. The molecule has 27 heavy (non-hydrogen) atoms. The Balaban J connectivity index is 1.60. The Labute approximate surface area is 157 Å². The fourth-order valence-corrected chi connectivity index (χ4v) is 2.52.